The second-order valence-electron chi connectivity index (χ2n) is 7.68. The summed E-state index contributed by atoms with van der Waals surface area (Å²) in [7, 11) is 0.656. The monoisotopic (exact) mass is 654 g/mol. The van der Waals surface area contributed by atoms with Gasteiger partial charge in [0.1, 0.15) is 0 Å². The van der Waals surface area contributed by atoms with Gasteiger partial charge in [-0.25, -0.2) is 4.39 Å². The van der Waals surface area contributed by atoms with Crippen molar-refractivity contribution in [2.45, 2.75) is 66.1 Å². The fourth-order valence-electron chi connectivity index (χ4n) is 2.70. The number of aliphatic hydroxyl groups excluding tert-OH is 1. The molecule has 2 N–H and O–H groups in total. The third kappa shape index (κ3) is 6.70. The van der Waals surface area contributed by atoms with Crippen LogP contribution in [0.25, 0.3) is 0 Å². The Morgan fingerprint density at radius 3 is 1.26 bits per heavy atom. The molecule has 0 amide bonds. The minimum Gasteiger partial charge on any atom is -0.480 e. The molecule has 0 heterocycles. The number of aliphatic carboxylic acids is 1. The number of alkyl halides is 19. The molecule has 0 aliphatic rings. The summed E-state index contributed by atoms with van der Waals surface area (Å²) < 4.78 is 252. The minimum absolute atomic E-state index is 0. The molecule has 0 fully saturated rings. The Labute approximate surface area is 245 Å². The molecule has 0 aliphatic heterocycles. The maximum absolute atomic E-state index is 13.8. The molecule has 1 radical (unpaired) electrons. The topological polar surface area (TPSA) is 60.8 Å². The van der Waals surface area contributed by atoms with Crippen molar-refractivity contribution in [2.75, 3.05) is 20.1 Å². The number of carbonyl (C=O) groups is 1. The van der Waals surface area contributed by atoms with Crippen LogP contribution in [0.4, 0.5) is 83.4 Å². The van der Waals surface area contributed by atoms with E-state index in [0.29, 0.717) is 11.9 Å². The summed E-state index contributed by atoms with van der Waals surface area (Å²) in [5, 5.41) is 17.6. The van der Waals surface area contributed by atoms with Gasteiger partial charge in [-0.15, -0.1) is 0 Å². The number of halogens is 19. The molecule has 0 aromatic rings. The molecule has 24 heteroatoms. The number of hydrogen-bond acceptors (Lipinski definition) is 3. The van der Waals surface area contributed by atoms with Crippen molar-refractivity contribution >= 4 is 57.4 Å². The molecule has 229 valence electrons. The first-order valence-corrected chi connectivity index (χ1v) is 8.88. The van der Waals surface area contributed by atoms with Gasteiger partial charge in [0.25, 0.3) is 0 Å². The van der Waals surface area contributed by atoms with Gasteiger partial charge in [-0.3, -0.25) is 9.69 Å². The molecule has 4 nitrogen and oxygen atoms in total. The number of aliphatic hydroxyl groups is 1. The Morgan fingerprint density at radius 2 is 0.949 bits per heavy atom. The zero-order valence-corrected chi connectivity index (χ0v) is 21.8. The second-order valence-corrected chi connectivity index (χ2v) is 7.68. The van der Waals surface area contributed by atoms with Crippen LogP contribution in [0.5, 0.6) is 0 Å². The summed E-state index contributed by atoms with van der Waals surface area (Å²) in [5.41, 5.74) is -8.81. The number of carboxylic acid groups (broad SMARTS) is 1. The maximum Gasteiger partial charge on any atom is 0.438 e. The van der Waals surface area contributed by atoms with Crippen LogP contribution in [0.15, 0.2) is 0 Å². The third-order valence-electron chi connectivity index (χ3n) is 4.67. The molecule has 0 aromatic heterocycles. The van der Waals surface area contributed by atoms with E-state index in [0.717, 1.165) is 0 Å². The van der Waals surface area contributed by atoms with Crippen molar-refractivity contribution in [3.05, 3.63) is 0 Å². The van der Waals surface area contributed by atoms with E-state index in [9.17, 15) is 93.3 Å². The largest absolute Gasteiger partial charge is 0.480 e. The van der Waals surface area contributed by atoms with E-state index in [-0.39, 0.29) is 51.4 Å². The molecule has 1 unspecified atom stereocenters. The van der Waals surface area contributed by atoms with Crippen molar-refractivity contribution in [1.29, 1.82) is 0 Å². The quantitative estimate of drug-likeness (QED) is 0.230. The molecule has 1 atom stereocenters. The molecule has 0 bridgehead atoms. The summed E-state index contributed by atoms with van der Waals surface area (Å²) in [6.07, 6.45) is -22.9. The van der Waals surface area contributed by atoms with E-state index in [4.69, 9.17) is 5.11 Å². The Bertz CT molecular complexity index is 842. The summed E-state index contributed by atoms with van der Waals surface area (Å²) >= 11 is 0. The Morgan fingerprint density at radius 1 is 0.641 bits per heavy atom. The molecule has 0 saturated carbocycles. The van der Waals surface area contributed by atoms with Crippen molar-refractivity contribution in [1.82, 2.24) is 4.90 Å². The first-order chi connectivity index (χ1) is 16.2. The molecule has 0 spiro atoms. The van der Waals surface area contributed by atoms with E-state index in [1.807, 2.05) is 0 Å². The summed E-state index contributed by atoms with van der Waals surface area (Å²) in [6.45, 7) is -2.63. The fraction of sp³-hybridized carbons (Fsp3) is 0.933. The van der Waals surface area contributed by atoms with E-state index in [1.165, 1.54) is 0 Å². The van der Waals surface area contributed by atoms with E-state index in [2.05, 4.69) is 0 Å². The average Bonchev–Trinajstić information content (AvgIpc) is 2.62. The number of hydrogen-bond donors (Lipinski definition) is 2. The molecular formula is C15H12F19KNO3. The third-order valence-corrected chi connectivity index (χ3v) is 4.67. The molecule has 39 heavy (non-hydrogen) atoms. The van der Waals surface area contributed by atoms with Crippen molar-refractivity contribution in [2.24, 2.45) is 0 Å². The van der Waals surface area contributed by atoms with Crippen LogP contribution in [-0.4, -0.2) is 152 Å². The van der Waals surface area contributed by atoms with Gasteiger partial charge >= 0.3 is 59.5 Å². The number of likely N-dealkylation sites (N-methyl/N-ethyl adjacent to an activating group) is 1. The van der Waals surface area contributed by atoms with Crippen LogP contribution < -0.4 is 0 Å². The smallest absolute Gasteiger partial charge is 0.438 e. The Balaban J connectivity index is 0. The van der Waals surface area contributed by atoms with Gasteiger partial charge < -0.3 is 10.2 Å². The fourth-order valence-corrected chi connectivity index (χ4v) is 2.70. The van der Waals surface area contributed by atoms with Gasteiger partial charge in [0.2, 0.25) is 0 Å². The standard InChI is InChI=1S/C15H12F19NO3.K/c1-35(4-6(37)38)3-5(36)2-7(16,17)9(19,20)11(23,24)13(27,28)12(25,26)10(21,22)8(18,14(29,30)31)15(32,33)34;/h5,36H,2-4H2,1H3,(H,37,38);. The van der Waals surface area contributed by atoms with E-state index < -0.39 is 85.1 Å². The molecule has 0 aliphatic carbocycles. The second kappa shape index (κ2) is 11.8. The van der Waals surface area contributed by atoms with Gasteiger partial charge in [-0.2, -0.15) is 79.0 Å². The van der Waals surface area contributed by atoms with Crippen molar-refractivity contribution < 1.29 is 98.4 Å². The normalized spacial score (nSPS) is 16.3. The Kier molecular flexibility index (Phi) is 12.3. The van der Waals surface area contributed by atoms with Crippen LogP contribution >= 0.6 is 0 Å². The van der Waals surface area contributed by atoms with Crippen LogP contribution in [0.1, 0.15) is 6.42 Å². The summed E-state index contributed by atoms with van der Waals surface area (Å²) in [5.74, 6) is -52.6. The van der Waals surface area contributed by atoms with Crippen LogP contribution in [-0.2, 0) is 4.79 Å². The van der Waals surface area contributed by atoms with Crippen molar-refractivity contribution in [3.8, 4) is 0 Å². The SMILES string of the molecule is CN(CC(=O)O)CC(O)CC(F)(F)C(F)(F)C(F)(F)C(F)(F)C(F)(F)C(F)(F)C(F)(C(F)(F)F)C(F)(F)F.[K]. The van der Waals surface area contributed by atoms with Gasteiger partial charge in [-0.05, 0) is 7.05 Å². The first kappa shape index (κ1) is 40.8. The number of carboxylic acids is 1. The number of rotatable bonds is 12. The number of nitrogens with zero attached hydrogens (tertiary/aromatic N) is 1. The first-order valence-electron chi connectivity index (χ1n) is 8.88. The zero-order valence-electron chi connectivity index (χ0n) is 18.6. The van der Waals surface area contributed by atoms with Gasteiger partial charge in [0.05, 0.1) is 12.6 Å². The molecule has 0 rings (SSSR count). The molecule has 0 aromatic carbocycles. The van der Waals surface area contributed by atoms with E-state index in [1.54, 1.807) is 0 Å². The molecular weight excluding hydrogens is 642 g/mol. The van der Waals surface area contributed by atoms with Gasteiger partial charge in [0.15, 0.2) is 0 Å². The summed E-state index contributed by atoms with van der Waals surface area (Å²) in [4.78, 5) is 10.7. The van der Waals surface area contributed by atoms with Crippen molar-refractivity contribution in [3.63, 3.8) is 0 Å². The predicted octanol–water partition coefficient (Wildman–Crippen LogP) is 5.02. The minimum atomic E-state index is -9.11. The van der Waals surface area contributed by atoms with Crippen LogP contribution in [0.2, 0.25) is 0 Å². The van der Waals surface area contributed by atoms with E-state index >= 15 is 0 Å². The van der Waals surface area contributed by atoms with Crippen LogP contribution in [0, 0.1) is 0 Å². The summed E-state index contributed by atoms with van der Waals surface area (Å²) in [6, 6.07) is 0. The zero-order chi connectivity index (χ0) is 31.4. The maximum atomic E-state index is 13.8. The Hall–Kier alpha value is -0.304. The average molecular weight is 654 g/mol. The molecule has 0 saturated heterocycles. The predicted molar refractivity (Wildman–Crippen MR) is 87.1 cm³/mol. The van der Waals surface area contributed by atoms with Crippen LogP contribution in [0.3, 0.4) is 0 Å². The van der Waals surface area contributed by atoms with Gasteiger partial charge in [-0.1, -0.05) is 0 Å². The van der Waals surface area contributed by atoms with Gasteiger partial charge in [0, 0.05) is 64.4 Å².